The standard InChI is InChI=1S/C21H21NO5.C21H19NO2.C21H17NO.C20H19NO2.C17H12N2OS2.C17H11NO2S/c1-3-27-21(25)18-17(14-7-5-4-6-8-14)13-22(20(18)24)19(23)15-9-11-16(26-2)12-10-15;23-21(22-13-12-16-6-1-2-8-18(16)14-22)15-24-20-11-5-9-17-7-3-4-10-19(17)20;23-21-20(17-11-5-2-6-12-17)18-13-7-8-14-19(18)22(21)15-16-9-3-1-4-10-16;22-20-14-15-5-1-3-7-17(15)18(20)13-16-6-2-4-8-19(16)21-9-11-23-12-10-21;1-11-6-8-12(9-7-11)14-10-21-17(18-14)19-16(20)13-4-2-3-5-15(13)22-19;19-13-9-10-5-1-2-6-11(10)16(20)15(13)17-18-12-7-3-4-8-14(12)21-17/h4-12,17-18H,3,13H2,1-2H3;1-11H,12-15H2;1-14,20H,15H2;1-8,13H,9-12,14H2;2-10H,1H3;1-8,20H,9H2/b;;;18-13-;;. The zero-order chi connectivity index (χ0) is 96.5. The van der Waals surface area contributed by atoms with E-state index in [0.717, 1.165) is 159 Å². The minimum Gasteiger partial charge on any atom is -0.506 e. The van der Waals surface area contributed by atoms with Gasteiger partial charge in [-0.05, 0) is 166 Å². The van der Waals surface area contributed by atoms with Crippen LogP contribution in [0, 0.1) is 12.8 Å². The first-order valence-electron chi connectivity index (χ1n) is 46.5. The summed E-state index contributed by atoms with van der Waals surface area (Å²) >= 11 is 4.37. The number of anilines is 2. The molecular weight excluding hydrogens is 1810 g/mol. The highest BCUT2D eigenvalue weighted by Crippen LogP contribution is 2.44. The number of para-hydroxylation sites is 3. The van der Waals surface area contributed by atoms with E-state index < -0.39 is 29.6 Å². The fraction of sp³-hybridized carbons (Fsp3) is 0.162. The summed E-state index contributed by atoms with van der Waals surface area (Å²) in [5.74, 6) is -1.46. The van der Waals surface area contributed by atoms with Gasteiger partial charge in [0, 0.05) is 95.9 Å². The number of methoxy groups -OCH3 is 1. The number of esters is 1. The number of likely N-dealkylation sites (tertiary alicyclic amines) is 1. The molecule has 3 aromatic heterocycles. The summed E-state index contributed by atoms with van der Waals surface area (Å²) in [6.45, 7) is 9.49. The zero-order valence-electron chi connectivity index (χ0n) is 77.3. The van der Waals surface area contributed by atoms with Gasteiger partial charge < -0.3 is 38.8 Å². The number of aryl methyl sites for hydroxylation is 1. The molecule has 0 spiro atoms. The Hall–Kier alpha value is -15.9. The minimum absolute atomic E-state index is 0.00501. The molecule has 14 aromatic carbocycles. The Kier molecular flexibility index (Phi) is 29.7. The van der Waals surface area contributed by atoms with E-state index in [1.165, 1.54) is 63.7 Å². The van der Waals surface area contributed by atoms with Crippen molar-refractivity contribution < 1.29 is 57.6 Å². The van der Waals surface area contributed by atoms with Gasteiger partial charge in [-0.2, -0.15) is 0 Å². The number of aromatic nitrogens is 3. The van der Waals surface area contributed by atoms with Crippen LogP contribution >= 0.6 is 34.2 Å². The van der Waals surface area contributed by atoms with Gasteiger partial charge in [0.15, 0.2) is 18.2 Å². The number of carbonyl (C=O) groups is 7. The molecule has 7 heterocycles. The van der Waals surface area contributed by atoms with Crippen molar-refractivity contribution in [2.24, 2.45) is 5.92 Å². The predicted molar refractivity (Wildman–Crippen MR) is 556 cm³/mol. The third-order valence-electron chi connectivity index (χ3n) is 25.3. The number of ketones is 2. The molecule has 0 bridgehead atoms. The fourth-order valence-electron chi connectivity index (χ4n) is 18.2. The molecule has 23 heteroatoms. The van der Waals surface area contributed by atoms with Gasteiger partial charge in [0.1, 0.15) is 28.2 Å². The maximum atomic E-state index is 13.1. The molecule has 1 N–H and O–H groups in total. The summed E-state index contributed by atoms with van der Waals surface area (Å²) in [7, 11) is 1.54. The number of ether oxygens (including phenoxy) is 4. The number of benzene rings is 14. The number of aliphatic hydroxyl groups is 1. The molecule has 2 saturated heterocycles. The Bertz CT molecular complexity index is 7500. The number of hydrogen-bond acceptors (Lipinski definition) is 19. The molecule has 20 nitrogen and oxygen atoms in total. The Labute approximate surface area is 822 Å². The van der Waals surface area contributed by atoms with Crippen LogP contribution in [0.25, 0.3) is 70.4 Å². The summed E-state index contributed by atoms with van der Waals surface area (Å²) < 4.78 is 25.1. The quantitative estimate of drug-likeness (QED) is 0.0409. The lowest BCUT2D eigenvalue weighted by Gasteiger charge is -2.30. The van der Waals surface area contributed by atoms with E-state index in [-0.39, 0.29) is 60.4 Å². The first-order valence-corrected chi connectivity index (χ1v) is 48.9. The number of rotatable bonds is 16. The van der Waals surface area contributed by atoms with Crippen molar-refractivity contribution >= 4 is 141 Å². The van der Waals surface area contributed by atoms with Crippen LogP contribution in [0.4, 0.5) is 11.4 Å². The van der Waals surface area contributed by atoms with Gasteiger partial charge in [-0.15, -0.1) is 22.7 Å². The molecule has 0 saturated carbocycles. The molecule has 23 rings (SSSR count). The van der Waals surface area contributed by atoms with Crippen LogP contribution in [0.3, 0.4) is 0 Å². The molecule has 4 amide bonds. The molecule has 2 aliphatic carbocycles. The van der Waals surface area contributed by atoms with Crippen molar-refractivity contribution in [1.29, 1.82) is 0 Å². The number of thiazole rings is 2. The summed E-state index contributed by atoms with van der Waals surface area (Å²) in [5.41, 5.74) is 19.4. The lowest BCUT2D eigenvalue weighted by atomic mass is 9.89. The second kappa shape index (κ2) is 44.0. The number of imide groups is 1. The first kappa shape index (κ1) is 94.4. The van der Waals surface area contributed by atoms with Crippen molar-refractivity contribution in [3.63, 3.8) is 0 Å². The van der Waals surface area contributed by atoms with Crippen LogP contribution in [0.5, 0.6) is 11.5 Å². The third kappa shape index (κ3) is 21.3. The topological polar surface area (TPSA) is 237 Å². The van der Waals surface area contributed by atoms with Crippen molar-refractivity contribution in [1.82, 2.24) is 23.7 Å². The lowest BCUT2D eigenvalue weighted by molar-refractivity contribution is -0.152. The summed E-state index contributed by atoms with van der Waals surface area (Å²) in [6.07, 6.45) is 3.79. The second-order valence-corrected chi connectivity index (χ2v) is 37.0. The summed E-state index contributed by atoms with van der Waals surface area (Å²) in [5, 5.41) is 16.7. The normalized spacial score (nSPS) is 15.8. The average Bonchev–Trinajstić information content (AvgIpc) is 1.59. The van der Waals surface area contributed by atoms with Crippen LogP contribution in [-0.2, 0) is 70.6 Å². The van der Waals surface area contributed by atoms with Gasteiger partial charge >= 0.3 is 5.97 Å². The van der Waals surface area contributed by atoms with E-state index in [0.29, 0.717) is 47.8 Å². The molecule has 6 aliphatic rings. The zero-order valence-corrected chi connectivity index (χ0v) is 79.7. The van der Waals surface area contributed by atoms with Crippen molar-refractivity contribution in [2.45, 2.75) is 58.0 Å². The maximum absolute atomic E-state index is 13.1. The highest BCUT2D eigenvalue weighted by Gasteiger charge is 2.49. The Morgan fingerprint density at radius 2 is 1.16 bits per heavy atom. The first-order chi connectivity index (χ1) is 68.5. The Balaban J connectivity index is 0.000000111. The smallest absolute Gasteiger partial charge is 0.319 e. The number of Topliss-reactive ketones (excluding diaryl/α,β-unsaturated/α-hetero) is 2. The van der Waals surface area contributed by atoms with Gasteiger partial charge in [-0.25, -0.2) is 13.9 Å². The van der Waals surface area contributed by atoms with E-state index >= 15 is 0 Å². The van der Waals surface area contributed by atoms with Crippen LogP contribution < -0.4 is 24.8 Å². The van der Waals surface area contributed by atoms with Gasteiger partial charge in [0.05, 0.1) is 71.0 Å². The number of morpholine rings is 1. The molecule has 3 atom stereocenters. The summed E-state index contributed by atoms with van der Waals surface area (Å²) in [4.78, 5) is 117. The molecule has 17 aromatic rings. The molecule has 140 heavy (non-hydrogen) atoms. The number of nitrogens with zero attached hydrogens (tertiary/aromatic N) is 7. The minimum atomic E-state index is -1.02. The molecular formula is C117H99N7O13S3. The van der Waals surface area contributed by atoms with E-state index in [9.17, 15) is 43.5 Å². The largest absolute Gasteiger partial charge is 0.506 e. The maximum Gasteiger partial charge on any atom is 0.319 e. The van der Waals surface area contributed by atoms with Gasteiger partial charge in [0.25, 0.3) is 17.4 Å². The van der Waals surface area contributed by atoms with Crippen LogP contribution in [0.15, 0.2) is 362 Å². The number of aliphatic hydroxyl groups excluding tert-OH is 1. The molecule has 0 radical (unpaired) electrons. The predicted octanol–water partition coefficient (Wildman–Crippen LogP) is 22.3. The molecule has 2 fully saturated rings. The molecule has 698 valence electrons. The fourth-order valence-corrected chi connectivity index (χ4v) is 21.1. The second-order valence-electron chi connectivity index (χ2n) is 34.2. The number of hydrogen-bond donors (Lipinski definition) is 1. The van der Waals surface area contributed by atoms with E-state index in [4.69, 9.17) is 18.9 Å². The molecule has 3 unspecified atom stereocenters. The van der Waals surface area contributed by atoms with Gasteiger partial charge in [-0.1, -0.05) is 291 Å². The monoisotopic (exact) mass is 1910 g/mol. The van der Waals surface area contributed by atoms with Crippen molar-refractivity contribution in [3.8, 4) is 27.9 Å². The van der Waals surface area contributed by atoms with Crippen LogP contribution in [-0.4, -0.2) is 130 Å². The van der Waals surface area contributed by atoms with Gasteiger partial charge in [0.2, 0.25) is 16.9 Å². The number of fused-ring (bicyclic) bond motifs is 7. The average molecular weight is 1910 g/mol. The Morgan fingerprint density at radius 1 is 0.557 bits per heavy atom. The van der Waals surface area contributed by atoms with Crippen molar-refractivity contribution in [2.75, 3.05) is 69.5 Å². The highest BCUT2D eigenvalue weighted by molar-refractivity contribution is 7.20. The number of amides is 4. The van der Waals surface area contributed by atoms with E-state index in [1.54, 1.807) is 35.1 Å². The van der Waals surface area contributed by atoms with Crippen molar-refractivity contribution in [3.05, 3.63) is 445 Å². The van der Waals surface area contributed by atoms with E-state index in [2.05, 4.69) is 107 Å². The highest BCUT2D eigenvalue weighted by atomic mass is 32.1. The van der Waals surface area contributed by atoms with E-state index in [1.807, 2.05) is 264 Å². The number of carbonyl (C=O) groups excluding carboxylic acids is 7. The molecule has 4 aliphatic heterocycles. The lowest BCUT2D eigenvalue weighted by Crippen LogP contribution is -2.38. The number of allylic oxidation sites excluding steroid dienone is 2. The van der Waals surface area contributed by atoms with Crippen LogP contribution in [0.1, 0.15) is 101 Å². The SMILES string of the molecule is CCOC(=O)C1C(=O)N(C(=O)c2ccc(OC)cc2)CC1c1ccccc1.Cc1ccc(-c2csc(-n3sc4ccccc4c3=O)n2)cc1.O=C(COc1cccc2ccccc12)N1CCc2ccccc2C1.O=C1C(c2ccccc2)c2ccccc2N1Cc1ccccc1.O=C1Cc2ccccc2/C1=C/c1ccccc1N1CCOCC1.O=C1Cc2ccccc2C(O)=C1c1nc2ccccc2s1. The summed E-state index contributed by atoms with van der Waals surface area (Å²) in [6, 6.07) is 114. The third-order valence-corrected chi connectivity index (χ3v) is 28.4. The van der Waals surface area contributed by atoms with Crippen LogP contribution in [0.2, 0.25) is 0 Å². The van der Waals surface area contributed by atoms with Gasteiger partial charge in [-0.3, -0.25) is 43.3 Å². The Morgan fingerprint density at radius 3 is 1.89 bits per heavy atom.